The minimum Gasteiger partial charge on any atom is -0.475 e. The van der Waals surface area contributed by atoms with E-state index in [1.165, 1.54) is 6.42 Å². The van der Waals surface area contributed by atoms with E-state index in [4.69, 9.17) is 0 Å². The Hall–Kier alpha value is -2.17. The monoisotopic (exact) mass is 285 g/mol. The number of nitrogens with zero attached hydrogens (tertiary/aromatic N) is 3. The van der Waals surface area contributed by atoms with E-state index in [9.17, 15) is 9.90 Å². The van der Waals surface area contributed by atoms with E-state index in [2.05, 4.69) is 28.7 Å². The highest BCUT2D eigenvalue weighted by Crippen LogP contribution is 2.31. The van der Waals surface area contributed by atoms with Crippen molar-refractivity contribution in [2.75, 3.05) is 11.4 Å². The fourth-order valence-corrected chi connectivity index (χ4v) is 3.01. The molecule has 0 saturated carbocycles. The van der Waals surface area contributed by atoms with E-state index >= 15 is 0 Å². The van der Waals surface area contributed by atoms with Crippen LogP contribution in [0.25, 0.3) is 10.9 Å². The van der Waals surface area contributed by atoms with Crippen molar-refractivity contribution in [1.29, 1.82) is 0 Å². The summed E-state index contributed by atoms with van der Waals surface area (Å²) in [5, 5.41) is 10.2. The van der Waals surface area contributed by atoms with Crippen LogP contribution in [-0.4, -0.2) is 33.6 Å². The molecule has 1 fully saturated rings. The lowest BCUT2D eigenvalue weighted by Gasteiger charge is -2.39. The van der Waals surface area contributed by atoms with Crippen molar-refractivity contribution in [3.63, 3.8) is 0 Å². The van der Waals surface area contributed by atoms with Gasteiger partial charge in [-0.15, -0.1) is 0 Å². The molecule has 0 amide bonds. The van der Waals surface area contributed by atoms with E-state index in [0.29, 0.717) is 17.5 Å². The molecule has 0 bridgehead atoms. The quantitative estimate of drug-likeness (QED) is 0.919. The fourth-order valence-electron chi connectivity index (χ4n) is 3.01. The summed E-state index contributed by atoms with van der Waals surface area (Å²) in [4.78, 5) is 22.0. The van der Waals surface area contributed by atoms with Gasteiger partial charge in [0.15, 0.2) is 0 Å². The molecule has 3 rings (SSSR count). The number of para-hydroxylation sites is 1. The molecule has 5 heteroatoms. The van der Waals surface area contributed by atoms with Gasteiger partial charge in [0, 0.05) is 18.0 Å². The minimum atomic E-state index is -1.08. The maximum absolute atomic E-state index is 11.3. The summed E-state index contributed by atoms with van der Waals surface area (Å²) in [6, 6.07) is 7.95. The number of carboxylic acid groups (broad SMARTS) is 1. The third-order valence-corrected chi connectivity index (χ3v) is 4.42. The largest absolute Gasteiger partial charge is 0.475 e. The van der Waals surface area contributed by atoms with Gasteiger partial charge in [0.1, 0.15) is 5.82 Å². The van der Waals surface area contributed by atoms with Gasteiger partial charge in [-0.3, -0.25) is 0 Å². The second kappa shape index (κ2) is 5.31. The highest BCUT2D eigenvalue weighted by Gasteiger charge is 2.28. The first-order chi connectivity index (χ1) is 10.1. The van der Waals surface area contributed by atoms with E-state index in [1.807, 2.05) is 24.3 Å². The van der Waals surface area contributed by atoms with Gasteiger partial charge in [-0.25, -0.2) is 14.8 Å². The van der Waals surface area contributed by atoms with Gasteiger partial charge in [-0.1, -0.05) is 19.1 Å². The molecule has 0 radical (unpaired) electrons. The summed E-state index contributed by atoms with van der Waals surface area (Å²) >= 11 is 0. The van der Waals surface area contributed by atoms with E-state index in [1.54, 1.807) is 0 Å². The fraction of sp³-hybridized carbons (Fsp3) is 0.438. The Morgan fingerprint density at radius 1 is 1.29 bits per heavy atom. The summed E-state index contributed by atoms with van der Waals surface area (Å²) in [5.41, 5.74) is 0.685. The molecular formula is C16H19N3O2. The van der Waals surface area contributed by atoms with Crippen molar-refractivity contribution in [3.05, 3.63) is 30.1 Å². The van der Waals surface area contributed by atoms with Crippen molar-refractivity contribution in [2.24, 2.45) is 5.92 Å². The number of fused-ring (bicyclic) bond motifs is 1. The Kier molecular flexibility index (Phi) is 3.49. The molecule has 1 N–H and O–H groups in total. The molecular weight excluding hydrogens is 266 g/mol. The molecule has 0 spiro atoms. The molecule has 2 aromatic rings. The van der Waals surface area contributed by atoms with E-state index in [-0.39, 0.29) is 5.82 Å². The number of benzene rings is 1. The lowest BCUT2D eigenvalue weighted by molar-refractivity contribution is 0.0684. The van der Waals surface area contributed by atoms with Gasteiger partial charge in [-0.2, -0.15) is 0 Å². The van der Waals surface area contributed by atoms with Crippen molar-refractivity contribution in [3.8, 4) is 0 Å². The third-order valence-electron chi connectivity index (χ3n) is 4.42. The van der Waals surface area contributed by atoms with Crippen LogP contribution in [0.5, 0.6) is 0 Å². The summed E-state index contributed by atoms with van der Waals surface area (Å²) in [7, 11) is 0. The highest BCUT2D eigenvalue weighted by molar-refractivity contribution is 5.94. The molecule has 2 atom stereocenters. The Balaban J connectivity index is 2.17. The van der Waals surface area contributed by atoms with Crippen LogP contribution >= 0.6 is 0 Å². The normalized spacial score (nSPS) is 22.5. The van der Waals surface area contributed by atoms with Gasteiger partial charge < -0.3 is 10.0 Å². The van der Waals surface area contributed by atoms with Gasteiger partial charge in [0.25, 0.3) is 0 Å². The van der Waals surface area contributed by atoms with Crippen LogP contribution in [-0.2, 0) is 0 Å². The Bertz CT molecular complexity index is 686. The van der Waals surface area contributed by atoms with Crippen molar-refractivity contribution in [2.45, 2.75) is 32.7 Å². The van der Waals surface area contributed by atoms with Gasteiger partial charge in [0.2, 0.25) is 5.82 Å². The first-order valence-corrected chi connectivity index (χ1v) is 7.34. The van der Waals surface area contributed by atoms with Crippen LogP contribution in [0.1, 0.15) is 37.3 Å². The van der Waals surface area contributed by atoms with Gasteiger partial charge in [0.05, 0.1) is 5.52 Å². The first-order valence-electron chi connectivity index (χ1n) is 7.34. The second-order valence-electron chi connectivity index (χ2n) is 5.75. The predicted molar refractivity (Wildman–Crippen MR) is 81.7 cm³/mol. The zero-order valence-corrected chi connectivity index (χ0v) is 12.3. The Morgan fingerprint density at radius 2 is 2.05 bits per heavy atom. The summed E-state index contributed by atoms with van der Waals surface area (Å²) in [5.74, 6) is 0.103. The van der Waals surface area contributed by atoms with Crippen molar-refractivity contribution < 1.29 is 9.90 Å². The lowest BCUT2D eigenvalue weighted by Crippen LogP contribution is -2.43. The van der Waals surface area contributed by atoms with E-state index in [0.717, 1.165) is 24.2 Å². The molecule has 5 nitrogen and oxygen atoms in total. The van der Waals surface area contributed by atoms with Crippen molar-refractivity contribution in [1.82, 2.24) is 9.97 Å². The molecule has 2 unspecified atom stereocenters. The SMILES string of the molecule is CC1CCCN(c2nc(C(=O)O)nc3ccccc23)C1C. The van der Waals surface area contributed by atoms with Crippen LogP contribution in [0, 0.1) is 5.92 Å². The maximum atomic E-state index is 11.3. The van der Waals surface area contributed by atoms with Crippen LogP contribution in [0.4, 0.5) is 5.82 Å². The first kappa shape index (κ1) is 13.8. The molecule has 1 aliphatic heterocycles. The van der Waals surface area contributed by atoms with E-state index < -0.39 is 5.97 Å². The topological polar surface area (TPSA) is 66.3 Å². The van der Waals surface area contributed by atoms with Crippen molar-refractivity contribution >= 4 is 22.7 Å². The van der Waals surface area contributed by atoms with Gasteiger partial charge in [-0.05, 0) is 37.8 Å². The lowest BCUT2D eigenvalue weighted by atomic mass is 9.92. The predicted octanol–water partition coefficient (Wildman–Crippen LogP) is 2.95. The molecule has 0 aliphatic carbocycles. The van der Waals surface area contributed by atoms with Gasteiger partial charge >= 0.3 is 5.97 Å². The van der Waals surface area contributed by atoms with Crippen LogP contribution in [0.3, 0.4) is 0 Å². The summed E-state index contributed by atoms with van der Waals surface area (Å²) in [6.07, 6.45) is 2.30. The number of aromatic nitrogens is 2. The maximum Gasteiger partial charge on any atom is 0.374 e. The molecule has 110 valence electrons. The zero-order valence-electron chi connectivity index (χ0n) is 12.3. The van der Waals surface area contributed by atoms with Crippen LogP contribution < -0.4 is 4.90 Å². The molecule has 2 heterocycles. The number of carbonyl (C=O) groups is 1. The Labute approximate surface area is 123 Å². The standard InChI is InChI=1S/C16H19N3O2/c1-10-6-5-9-19(11(10)2)15-12-7-3-4-8-13(12)17-14(18-15)16(20)21/h3-4,7-8,10-11H,5-6,9H2,1-2H3,(H,20,21). The summed E-state index contributed by atoms with van der Waals surface area (Å²) < 4.78 is 0. The zero-order chi connectivity index (χ0) is 15.0. The molecule has 21 heavy (non-hydrogen) atoms. The molecule has 1 saturated heterocycles. The average Bonchev–Trinajstić information content (AvgIpc) is 2.49. The second-order valence-corrected chi connectivity index (χ2v) is 5.75. The molecule has 1 aromatic carbocycles. The van der Waals surface area contributed by atoms with Crippen LogP contribution in [0.15, 0.2) is 24.3 Å². The summed E-state index contributed by atoms with van der Waals surface area (Å²) in [6.45, 7) is 5.32. The number of piperidine rings is 1. The number of anilines is 1. The van der Waals surface area contributed by atoms with Crippen LogP contribution in [0.2, 0.25) is 0 Å². The third kappa shape index (κ3) is 2.44. The average molecular weight is 285 g/mol. The number of rotatable bonds is 2. The molecule has 1 aliphatic rings. The minimum absolute atomic E-state index is 0.130. The number of hydrogen-bond acceptors (Lipinski definition) is 4. The number of carboxylic acids is 1. The smallest absolute Gasteiger partial charge is 0.374 e. The highest BCUT2D eigenvalue weighted by atomic mass is 16.4. The number of aromatic carboxylic acids is 1. The molecule has 1 aromatic heterocycles. The number of hydrogen-bond donors (Lipinski definition) is 1. The Morgan fingerprint density at radius 3 is 2.81 bits per heavy atom.